The van der Waals surface area contributed by atoms with E-state index in [1.165, 1.54) is 12.1 Å². The van der Waals surface area contributed by atoms with E-state index in [9.17, 15) is 4.39 Å². The van der Waals surface area contributed by atoms with Crippen LogP contribution in [0.2, 0.25) is 0 Å². The Morgan fingerprint density at radius 3 is 2.53 bits per heavy atom. The molecular weight excluding hydrogens is 241 g/mol. The molecule has 0 aliphatic carbocycles. The molecule has 0 atom stereocenters. The normalized spacial score (nSPS) is 17.8. The van der Waals surface area contributed by atoms with Gasteiger partial charge < -0.3 is 9.47 Å². The van der Waals surface area contributed by atoms with Crippen molar-refractivity contribution in [2.75, 3.05) is 20.1 Å². The molecule has 0 radical (unpaired) electrons. The van der Waals surface area contributed by atoms with Gasteiger partial charge in [0.15, 0.2) is 0 Å². The Kier molecular flexibility index (Phi) is 3.34. The Bertz CT molecular complexity index is 539. The Morgan fingerprint density at radius 2 is 1.84 bits per heavy atom. The first-order valence-electron chi connectivity index (χ1n) is 6.70. The van der Waals surface area contributed by atoms with E-state index in [4.69, 9.17) is 0 Å². The number of hydrogen-bond acceptors (Lipinski definition) is 2. The molecule has 2 heterocycles. The molecule has 1 fully saturated rings. The Morgan fingerprint density at radius 1 is 1.16 bits per heavy atom. The summed E-state index contributed by atoms with van der Waals surface area (Å²) < 4.78 is 15.1. The summed E-state index contributed by atoms with van der Waals surface area (Å²) in [4.78, 5) is 6.79. The van der Waals surface area contributed by atoms with Gasteiger partial charge in [-0.05, 0) is 57.2 Å². The van der Waals surface area contributed by atoms with Gasteiger partial charge in [0, 0.05) is 17.8 Å². The molecule has 19 heavy (non-hydrogen) atoms. The fourth-order valence-electron chi connectivity index (χ4n) is 2.60. The summed E-state index contributed by atoms with van der Waals surface area (Å²) in [6.07, 6.45) is 6.29. The monoisotopic (exact) mass is 259 g/mol. The standard InChI is InChI=1S/C15H18FN3/c1-18-8-6-14(7-9-18)19-10-15(17-11-19)12-2-4-13(16)5-3-12/h2-5,10-11,14H,6-9H2,1H3. The highest BCUT2D eigenvalue weighted by Crippen LogP contribution is 2.24. The number of likely N-dealkylation sites (tertiary alicyclic amines) is 1. The average molecular weight is 259 g/mol. The second-order valence-electron chi connectivity index (χ2n) is 5.25. The average Bonchev–Trinajstić information content (AvgIpc) is 2.90. The second-order valence-corrected chi connectivity index (χ2v) is 5.25. The lowest BCUT2D eigenvalue weighted by molar-refractivity contribution is 0.221. The number of imidazole rings is 1. The van der Waals surface area contributed by atoms with E-state index in [0.29, 0.717) is 6.04 Å². The summed E-state index contributed by atoms with van der Waals surface area (Å²) in [5.74, 6) is -0.210. The first-order chi connectivity index (χ1) is 9.22. The maximum atomic E-state index is 12.9. The van der Waals surface area contributed by atoms with Crippen LogP contribution >= 0.6 is 0 Å². The smallest absolute Gasteiger partial charge is 0.123 e. The predicted molar refractivity (Wildman–Crippen MR) is 73.4 cm³/mol. The van der Waals surface area contributed by atoms with Crippen LogP contribution < -0.4 is 0 Å². The van der Waals surface area contributed by atoms with Crippen molar-refractivity contribution in [3.05, 3.63) is 42.6 Å². The van der Waals surface area contributed by atoms with E-state index in [-0.39, 0.29) is 5.82 Å². The molecule has 0 unspecified atom stereocenters. The minimum absolute atomic E-state index is 0.210. The van der Waals surface area contributed by atoms with Gasteiger partial charge >= 0.3 is 0 Å². The minimum atomic E-state index is -0.210. The Balaban J connectivity index is 1.77. The van der Waals surface area contributed by atoms with Crippen LogP contribution in [0.25, 0.3) is 11.3 Å². The van der Waals surface area contributed by atoms with Gasteiger partial charge in [-0.1, -0.05) is 0 Å². The van der Waals surface area contributed by atoms with Crippen molar-refractivity contribution in [3.8, 4) is 11.3 Å². The predicted octanol–water partition coefficient (Wildman–Crippen LogP) is 2.96. The van der Waals surface area contributed by atoms with Crippen LogP contribution in [0.4, 0.5) is 4.39 Å². The van der Waals surface area contributed by atoms with Gasteiger partial charge in [0.25, 0.3) is 0 Å². The third-order valence-corrected chi connectivity index (χ3v) is 3.85. The molecule has 1 aromatic heterocycles. The summed E-state index contributed by atoms with van der Waals surface area (Å²) in [7, 11) is 2.16. The molecule has 1 aliphatic rings. The fourth-order valence-corrected chi connectivity index (χ4v) is 2.60. The van der Waals surface area contributed by atoms with Crippen molar-refractivity contribution in [2.45, 2.75) is 18.9 Å². The molecule has 0 N–H and O–H groups in total. The van der Waals surface area contributed by atoms with Crippen molar-refractivity contribution in [3.63, 3.8) is 0 Å². The third kappa shape index (κ3) is 2.68. The first-order valence-corrected chi connectivity index (χ1v) is 6.70. The second kappa shape index (κ2) is 5.13. The van der Waals surface area contributed by atoms with Crippen LogP contribution in [0, 0.1) is 5.82 Å². The highest BCUT2D eigenvalue weighted by atomic mass is 19.1. The topological polar surface area (TPSA) is 21.1 Å². The highest BCUT2D eigenvalue weighted by molar-refractivity contribution is 5.57. The van der Waals surface area contributed by atoms with Gasteiger partial charge in [-0.3, -0.25) is 0 Å². The molecule has 1 saturated heterocycles. The maximum absolute atomic E-state index is 12.9. The first kappa shape index (κ1) is 12.4. The van der Waals surface area contributed by atoms with Crippen LogP contribution in [-0.4, -0.2) is 34.6 Å². The number of benzene rings is 1. The van der Waals surface area contributed by atoms with Crippen molar-refractivity contribution in [1.29, 1.82) is 0 Å². The zero-order chi connectivity index (χ0) is 13.2. The summed E-state index contributed by atoms with van der Waals surface area (Å²) >= 11 is 0. The van der Waals surface area contributed by atoms with Crippen LogP contribution in [0.15, 0.2) is 36.8 Å². The summed E-state index contributed by atoms with van der Waals surface area (Å²) in [5.41, 5.74) is 1.88. The van der Waals surface area contributed by atoms with Gasteiger partial charge in [0.1, 0.15) is 5.82 Å². The van der Waals surface area contributed by atoms with E-state index < -0.39 is 0 Å². The van der Waals surface area contributed by atoms with Gasteiger partial charge in [-0.2, -0.15) is 0 Å². The largest absolute Gasteiger partial charge is 0.334 e. The number of nitrogens with zero attached hydrogens (tertiary/aromatic N) is 3. The number of aromatic nitrogens is 2. The zero-order valence-corrected chi connectivity index (χ0v) is 11.1. The van der Waals surface area contributed by atoms with E-state index in [1.54, 1.807) is 12.1 Å². The molecule has 1 aromatic carbocycles. The Labute approximate surface area is 112 Å². The molecule has 4 heteroatoms. The zero-order valence-electron chi connectivity index (χ0n) is 11.1. The lowest BCUT2D eigenvalue weighted by Gasteiger charge is -2.29. The lowest BCUT2D eigenvalue weighted by atomic mass is 10.1. The van der Waals surface area contributed by atoms with Crippen molar-refractivity contribution in [2.24, 2.45) is 0 Å². The van der Waals surface area contributed by atoms with Crippen LogP contribution in [-0.2, 0) is 0 Å². The van der Waals surface area contributed by atoms with Gasteiger partial charge in [0.05, 0.1) is 12.0 Å². The van der Waals surface area contributed by atoms with E-state index in [1.807, 2.05) is 6.33 Å². The summed E-state index contributed by atoms with van der Waals surface area (Å²) in [5, 5.41) is 0. The molecule has 0 spiro atoms. The quantitative estimate of drug-likeness (QED) is 0.826. The van der Waals surface area contributed by atoms with Crippen LogP contribution in [0.5, 0.6) is 0 Å². The Hall–Kier alpha value is -1.68. The van der Waals surface area contributed by atoms with Crippen molar-refractivity contribution >= 4 is 0 Å². The molecule has 0 amide bonds. The molecule has 3 nitrogen and oxygen atoms in total. The van der Waals surface area contributed by atoms with E-state index in [0.717, 1.165) is 37.2 Å². The van der Waals surface area contributed by atoms with E-state index in [2.05, 4.69) is 27.7 Å². The number of halogens is 1. The van der Waals surface area contributed by atoms with Gasteiger partial charge in [-0.15, -0.1) is 0 Å². The van der Waals surface area contributed by atoms with E-state index >= 15 is 0 Å². The molecule has 0 bridgehead atoms. The third-order valence-electron chi connectivity index (χ3n) is 3.85. The van der Waals surface area contributed by atoms with Gasteiger partial charge in [0.2, 0.25) is 0 Å². The number of hydrogen-bond donors (Lipinski definition) is 0. The molecule has 2 aromatic rings. The molecular formula is C15H18FN3. The maximum Gasteiger partial charge on any atom is 0.123 e. The van der Waals surface area contributed by atoms with Crippen molar-refractivity contribution in [1.82, 2.24) is 14.5 Å². The molecule has 100 valence electrons. The summed E-state index contributed by atoms with van der Waals surface area (Å²) in [6, 6.07) is 7.04. The van der Waals surface area contributed by atoms with Gasteiger partial charge in [-0.25, -0.2) is 9.37 Å². The fraction of sp³-hybridized carbons (Fsp3) is 0.400. The SMILES string of the molecule is CN1CCC(n2cnc(-c3ccc(F)cc3)c2)CC1. The minimum Gasteiger partial charge on any atom is -0.334 e. The van der Waals surface area contributed by atoms with Crippen LogP contribution in [0.1, 0.15) is 18.9 Å². The number of piperidine rings is 1. The summed E-state index contributed by atoms with van der Waals surface area (Å²) in [6.45, 7) is 2.27. The highest BCUT2D eigenvalue weighted by Gasteiger charge is 2.18. The number of rotatable bonds is 2. The van der Waals surface area contributed by atoms with Crippen LogP contribution in [0.3, 0.4) is 0 Å². The molecule has 3 rings (SSSR count). The molecule has 0 saturated carbocycles. The van der Waals surface area contributed by atoms with Crippen molar-refractivity contribution < 1.29 is 4.39 Å². The lowest BCUT2D eigenvalue weighted by Crippen LogP contribution is -2.31. The molecule has 1 aliphatic heterocycles.